The Morgan fingerprint density at radius 1 is 1.17 bits per heavy atom. The number of nitrogen functional groups attached to an aromatic ring is 1. The molecule has 2 bridgehead atoms. The van der Waals surface area contributed by atoms with Crippen LogP contribution >= 0.6 is 0 Å². The smallest absolute Gasteiger partial charge is 0.107 e. The first-order chi connectivity index (χ1) is 8.76. The average molecular weight is 244 g/mol. The minimum Gasteiger partial charge on any atom is -0.398 e. The standard InChI is InChI=1S/C16H24N2/c1-2-18(12-13-6-3-4-9-16(13)17)14-7-5-8-15(18)11-10-14/h3-6,9,14-15H,2,7-8,10-12,17H2,1H3/q+1. The molecule has 1 radical (unpaired) electrons. The highest BCUT2D eigenvalue weighted by Gasteiger charge is 2.50. The molecule has 1 aromatic carbocycles. The molecule has 0 amide bonds. The second kappa shape index (κ2) is 4.58. The summed E-state index contributed by atoms with van der Waals surface area (Å²) in [5, 5.41) is 0. The van der Waals surface area contributed by atoms with Crippen molar-refractivity contribution in [2.45, 2.75) is 51.2 Å². The predicted octanol–water partition coefficient (Wildman–Crippen LogP) is 3.13. The number of hydrogen-bond acceptors (Lipinski definition) is 1. The average Bonchev–Trinajstić information content (AvgIpc) is 2.58. The summed E-state index contributed by atoms with van der Waals surface area (Å²) >= 11 is 0. The van der Waals surface area contributed by atoms with Crippen molar-refractivity contribution in [2.75, 3.05) is 12.3 Å². The SMILES string of the molecule is CC[N+]1(Cc2ccccc2N)C2C[CH]CC1CC2. The Labute approximate surface area is 110 Å². The van der Waals surface area contributed by atoms with Gasteiger partial charge in [-0.3, -0.25) is 0 Å². The zero-order chi connectivity index (χ0) is 12.6. The number of para-hydroxylation sites is 1. The number of rotatable bonds is 3. The van der Waals surface area contributed by atoms with E-state index in [2.05, 4.69) is 25.5 Å². The molecule has 0 aliphatic carbocycles. The molecule has 2 aliphatic heterocycles. The van der Waals surface area contributed by atoms with Crippen LogP contribution in [0.2, 0.25) is 0 Å². The largest absolute Gasteiger partial charge is 0.398 e. The fourth-order valence-corrected chi connectivity index (χ4v) is 4.22. The van der Waals surface area contributed by atoms with Crippen LogP contribution in [-0.2, 0) is 6.54 Å². The summed E-state index contributed by atoms with van der Waals surface area (Å²) < 4.78 is 1.28. The summed E-state index contributed by atoms with van der Waals surface area (Å²) in [6.07, 6.45) is 7.93. The molecule has 2 heterocycles. The van der Waals surface area contributed by atoms with Crippen LogP contribution in [0.4, 0.5) is 5.69 Å². The van der Waals surface area contributed by atoms with Crippen molar-refractivity contribution in [3.8, 4) is 0 Å². The van der Waals surface area contributed by atoms with Crippen LogP contribution < -0.4 is 5.73 Å². The molecule has 2 unspecified atom stereocenters. The molecule has 2 aliphatic rings. The van der Waals surface area contributed by atoms with Gasteiger partial charge in [0.25, 0.3) is 0 Å². The van der Waals surface area contributed by atoms with Crippen LogP contribution in [0, 0.1) is 6.42 Å². The first kappa shape index (κ1) is 12.0. The molecular formula is C16H24N2+. The van der Waals surface area contributed by atoms with Crippen molar-refractivity contribution < 1.29 is 4.48 Å². The number of quaternary nitrogens is 1. The van der Waals surface area contributed by atoms with E-state index in [1.165, 1.54) is 42.3 Å². The normalized spacial score (nSPS) is 34.7. The molecule has 0 aromatic heterocycles. The minimum atomic E-state index is 0.841. The number of hydrogen-bond donors (Lipinski definition) is 1. The van der Waals surface area contributed by atoms with Gasteiger partial charge in [0.1, 0.15) is 6.54 Å². The highest BCUT2D eigenvalue weighted by Crippen LogP contribution is 2.43. The molecule has 2 atom stereocenters. The number of fused-ring (bicyclic) bond motifs is 2. The molecule has 2 nitrogen and oxygen atoms in total. The van der Waals surface area contributed by atoms with Gasteiger partial charge in [0, 0.05) is 36.9 Å². The Bertz CT molecular complexity index is 411. The van der Waals surface area contributed by atoms with Gasteiger partial charge in [0.15, 0.2) is 0 Å². The highest BCUT2D eigenvalue weighted by atomic mass is 15.4. The molecule has 2 heteroatoms. The summed E-state index contributed by atoms with van der Waals surface area (Å²) in [6, 6.07) is 10.1. The first-order valence-electron chi connectivity index (χ1n) is 7.28. The first-order valence-corrected chi connectivity index (χ1v) is 7.28. The van der Waals surface area contributed by atoms with Gasteiger partial charge >= 0.3 is 0 Å². The second-order valence-electron chi connectivity index (χ2n) is 5.92. The third-order valence-electron chi connectivity index (χ3n) is 5.27. The van der Waals surface area contributed by atoms with E-state index < -0.39 is 0 Å². The Balaban J connectivity index is 1.91. The molecular weight excluding hydrogens is 220 g/mol. The maximum Gasteiger partial charge on any atom is 0.107 e. The Kier molecular flexibility index (Phi) is 3.06. The number of nitrogens with two attached hydrogens (primary N) is 1. The topological polar surface area (TPSA) is 26.0 Å². The van der Waals surface area contributed by atoms with Gasteiger partial charge in [-0.25, -0.2) is 0 Å². The number of benzene rings is 1. The zero-order valence-corrected chi connectivity index (χ0v) is 11.3. The lowest BCUT2D eigenvalue weighted by Gasteiger charge is -2.47. The molecule has 0 spiro atoms. The zero-order valence-electron chi connectivity index (χ0n) is 11.3. The highest BCUT2D eigenvalue weighted by molar-refractivity contribution is 5.45. The van der Waals surface area contributed by atoms with E-state index >= 15 is 0 Å². The molecule has 2 fully saturated rings. The molecule has 0 saturated carbocycles. The third-order valence-corrected chi connectivity index (χ3v) is 5.27. The Morgan fingerprint density at radius 2 is 1.83 bits per heavy atom. The lowest BCUT2D eigenvalue weighted by Crippen LogP contribution is -2.58. The quantitative estimate of drug-likeness (QED) is 0.641. The number of anilines is 1. The van der Waals surface area contributed by atoms with Gasteiger partial charge in [-0.2, -0.15) is 0 Å². The van der Waals surface area contributed by atoms with Crippen LogP contribution in [0.5, 0.6) is 0 Å². The van der Waals surface area contributed by atoms with Gasteiger partial charge in [-0.15, -0.1) is 0 Å². The van der Waals surface area contributed by atoms with Crippen LogP contribution in [-0.4, -0.2) is 23.1 Å². The van der Waals surface area contributed by atoms with Gasteiger partial charge < -0.3 is 10.2 Å². The van der Waals surface area contributed by atoms with Crippen molar-refractivity contribution in [3.05, 3.63) is 36.2 Å². The van der Waals surface area contributed by atoms with E-state index in [0.717, 1.165) is 24.3 Å². The molecule has 97 valence electrons. The van der Waals surface area contributed by atoms with E-state index in [1.54, 1.807) is 0 Å². The monoisotopic (exact) mass is 244 g/mol. The molecule has 18 heavy (non-hydrogen) atoms. The van der Waals surface area contributed by atoms with Crippen molar-refractivity contribution in [3.63, 3.8) is 0 Å². The van der Waals surface area contributed by atoms with Crippen LogP contribution in [0.3, 0.4) is 0 Å². The summed E-state index contributed by atoms with van der Waals surface area (Å²) in [7, 11) is 0. The Morgan fingerprint density at radius 3 is 2.44 bits per heavy atom. The molecule has 2 N–H and O–H groups in total. The van der Waals surface area contributed by atoms with Crippen molar-refractivity contribution in [1.82, 2.24) is 0 Å². The van der Waals surface area contributed by atoms with Crippen LogP contribution in [0.1, 0.15) is 38.2 Å². The van der Waals surface area contributed by atoms with Crippen molar-refractivity contribution in [1.29, 1.82) is 0 Å². The van der Waals surface area contributed by atoms with Gasteiger partial charge in [-0.05, 0) is 19.4 Å². The lowest BCUT2D eigenvalue weighted by atomic mass is 9.96. The maximum atomic E-state index is 6.14. The summed E-state index contributed by atoms with van der Waals surface area (Å²) in [5.74, 6) is 0. The van der Waals surface area contributed by atoms with Crippen LogP contribution in [0.15, 0.2) is 24.3 Å². The van der Waals surface area contributed by atoms with Crippen molar-refractivity contribution in [2.24, 2.45) is 0 Å². The molecule has 2 saturated heterocycles. The fourth-order valence-electron chi connectivity index (χ4n) is 4.22. The maximum absolute atomic E-state index is 6.14. The van der Waals surface area contributed by atoms with Gasteiger partial charge in [0.05, 0.1) is 18.6 Å². The van der Waals surface area contributed by atoms with E-state index in [1.807, 2.05) is 12.1 Å². The molecule has 3 rings (SSSR count). The van der Waals surface area contributed by atoms with Crippen LogP contribution in [0.25, 0.3) is 0 Å². The van der Waals surface area contributed by atoms with Crippen molar-refractivity contribution >= 4 is 5.69 Å². The summed E-state index contributed by atoms with van der Waals surface area (Å²) in [5.41, 5.74) is 8.46. The lowest BCUT2D eigenvalue weighted by molar-refractivity contribution is -0.974. The second-order valence-corrected chi connectivity index (χ2v) is 5.92. The molecule has 1 aromatic rings. The van der Waals surface area contributed by atoms with E-state index in [0.29, 0.717) is 0 Å². The van der Waals surface area contributed by atoms with E-state index in [-0.39, 0.29) is 0 Å². The minimum absolute atomic E-state index is 0.841. The van der Waals surface area contributed by atoms with Gasteiger partial charge in [0.2, 0.25) is 0 Å². The van der Waals surface area contributed by atoms with E-state index in [9.17, 15) is 0 Å². The van der Waals surface area contributed by atoms with E-state index in [4.69, 9.17) is 5.73 Å². The fraction of sp³-hybridized carbons (Fsp3) is 0.562. The number of nitrogens with zero attached hydrogens (tertiary/aromatic N) is 1. The van der Waals surface area contributed by atoms with Gasteiger partial charge in [-0.1, -0.05) is 18.2 Å². The summed E-state index contributed by atoms with van der Waals surface area (Å²) in [6.45, 7) is 4.74. The summed E-state index contributed by atoms with van der Waals surface area (Å²) in [4.78, 5) is 0. The Hall–Kier alpha value is -1.02. The number of piperidine rings is 1. The third kappa shape index (κ3) is 1.74. The predicted molar refractivity (Wildman–Crippen MR) is 75.7 cm³/mol.